The number of carbonyl (C=O) groups excluding carboxylic acids is 1. The summed E-state index contributed by atoms with van der Waals surface area (Å²) in [5.74, 6) is 1.55. The van der Waals surface area contributed by atoms with Gasteiger partial charge in [0.05, 0.1) is 0 Å². The Morgan fingerprint density at radius 2 is 1.91 bits per heavy atom. The van der Waals surface area contributed by atoms with Gasteiger partial charge in [-0.2, -0.15) is 0 Å². The van der Waals surface area contributed by atoms with Crippen molar-refractivity contribution in [3.8, 4) is 5.75 Å². The van der Waals surface area contributed by atoms with Gasteiger partial charge in [-0.05, 0) is 83.3 Å². The number of hydrogen-bond donors (Lipinski definition) is 3. The first-order valence-corrected chi connectivity index (χ1v) is 12.3. The molecule has 2 rings (SSSR count). The van der Waals surface area contributed by atoms with Crippen molar-refractivity contribution in [2.24, 2.45) is 4.99 Å². The summed E-state index contributed by atoms with van der Waals surface area (Å²) in [7, 11) is 0. The Morgan fingerprint density at radius 1 is 1.19 bits per heavy atom. The number of nitrogens with one attached hydrogen (secondary N) is 3. The Hall–Kier alpha value is -2.28. The minimum atomic E-state index is -0.0448. The lowest BCUT2D eigenvalue weighted by molar-refractivity contribution is -0.123. The molecule has 0 aliphatic heterocycles. The van der Waals surface area contributed by atoms with Gasteiger partial charge in [-0.15, -0.1) is 0 Å². The fourth-order valence-corrected chi connectivity index (χ4v) is 3.48. The molecule has 32 heavy (non-hydrogen) atoms. The minimum Gasteiger partial charge on any atom is -0.484 e. The predicted molar refractivity (Wildman–Crippen MR) is 132 cm³/mol. The Bertz CT molecular complexity index is 684. The summed E-state index contributed by atoms with van der Waals surface area (Å²) in [5, 5.41) is 9.80. The van der Waals surface area contributed by atoms with E-state index in [2.05, 4.69) is 48.5 Å². The van der Waals surface area contributed by atoms with Gasteiger partial charge in [0.1, 0.15) is 5.75 Å². The molecule has 1 unspecified atom stereocenters. The number of nitrogens with zero attached hydrogens (tertiary/aromatic N) is 2. The van der Waals surface area contributed by atoms with Crippen LogP contribution in [0.3, 0.4) is 0 Å². The van der Waals surface area contributed by atoms with Gasteiger partial charge in [0.15, 0.2) is 12.6 Å². The average Bonchev–Trinajstić information content (AvgIpc) is 3.60. The van der Waals surface area contributed by atoms with Gasteiger partial charge in [0.2, 0.25) is 0 Å². The van der Waals surface area contributed by atoms with Crippen LogP contribution >= 0.6 is 0 Å². The largest absolute Gasteiger partial charge is 0.484 e. The normalized spacial score (nSPS) is 14.8. The first kappa shape index (κ1) is 26.0. The molecule has 0 spiro atoms. The Morgan fingerprint density at radius 3 is 2.53 bits per heavy atom. The molecular weight excluding hydrogens is 402 g/mol. The summed E-state index contributed by atoms with van der Waals surface area (Å²) < 4.78 is 5.57. The molecule has 0 bridgehead atoms. The molecule has 1 aromatic carbocycles. The smallest absolute Gasteiger partial charge is 0.258 e. The van der Waals surface area contributed by atoms with Crippen molar-refractivity contribution in [1.29, 1.82) is 0 Å². The van der Waals surface area contributed by atoms with Crippen LogP contribution in [0.2, 0.25) is 0 Å². The molecule has 3 N–H and O–H groups in total. The number of guanidine groups is 1. The maximum absolute atomic E-state index is 11.7. The first-order chi connectivity index (χ1) is 15.5. The standard InChI is InChI=1S/C25H43N5O2/c1-5-26-25(28-20(4)9-8-18-30(6-2)7-3)27-17-16-21-10-14-23(15-11-21)32-19-24(31)29-22-12-13-22/h10-11,14-15,20,22H,5-9,12-13,16-19H2,1-4H3,(H,29,31)(H2,26,27,28). The number of ether oxygens (including phenoxy) is 1. The molecular formula is C25H43N5O2. The van der Waals surface area contributed by atoms with Crippen LogP contribution in [0, 0.1) is 0 Å². The molecule has 0 radical (unpaired) electrons. The van der Waals surface area contributed by atoms with Crippen LogP contribution in [-0.2, 0) is 11.2 Å². The Balaban J connectivity index is 1.70. The maximum Gasteiger partial charge on any atom is 0.258 e. The zero-order valence-electron chi connectivity index (χ0n) is 20.5. The zero-order valence-corrected chi connectivity index (χ0v) is 20.5. The fourth-order valence-electron chi connectivity index (χ4n) is 3.48. The van der Waals surface area contributed by atoms with Crippen molar-refractivity contribution < 1.29 is 9.53 Å². The lowest BCUT2D eigenvalue weighted by Crippen LogP contribution is -2.42. The second-order valence-electron chi connectivity index (χ2n) is 8.50. The van der Waals surface area contributed by atoms with Crippen molar-refractivity contribution in [3.63, 3.8) is 0 Å². The van der Waals surface area contributed by atoms with Crippen LogP contribution in [-0.4, -0.2) is 68.2 Å². The van der Waals surface area contributed by atoms with Crippen LogP contribution in [0.5, 0.6) is 5.75 Å². The molecule has 0 aromatic heterocycles. The van der Waals surface area contributed by atoms with E-state index in [9.17, 15) is 4.79 Å². The van der Waals surface area contributed by atoms with Gasteiger partial charge < -0.3 is 25.6 Å². The third kappa shape index (κ3) is 10.8. The van der Waals surface area contributed by atoms with Crippen molar-refractivity contribution in [2.45, 2.75) is 71.9 Å². The summed E-state index contributed by atoms with van der Waals surface area (Å²) >= 11 is 0. The van der Waals surface area contributed by atoms with E-state index in [4.69, 9.17) is 9.73 Å². The van der Waals surface area contributed by atoms with Crippen LogP contribution < -0.4 is 20.7 Å². The minimum absolute atomic E-state index is 0.0448. The summed E-state index contributed by atoms with van der Waals surface area (Å²) in [4.78, 5) is 18.9. The third-order valence-electron chi connectivity index (χ3n) is 5.64. The number of amides is 1. The lowest BCUT2D eigenvalue weighted by Gasteiger charge is -2.21. The molecule has 1 atom stereocenters. The molecule has 1 aliphatic rings. The molecule has 1 aliphatic carbocycles. The second-order valence-corrected chi connectivity index (χ2v) is 8.50. The fraction of sp³-hybridized carbons (Fsp3) is 0.680. The highest BCUT2D eigenvalue weighted by atomic mass is 16.5. The number of benzene rings is 1. The predicted octanol–water partition coefficient (Wildman–Crippen LogP) is 2.95. The third-order valence-corrected chi connectivity index (χ3v) is 5.64. The Labute approximate surface area is 194 Å². The number of aliphatic imine (C=N–C) groups is 1. The summed E-state index contributed by atoms with van der Waals surface area (Å²) in [6.45, 7) is 13.8. The van der Waals surface area contributed by atoms with Crippen LogP contribution in [0.25, 0.3) is 0 Å². The van der Waals surface area contributed by atoms with E-state index >= 15 is 0 Å². The van der Waals surface area contributed by atoms with Crippen molar-refractivity contribution in [1.82, 2.24) is 20.9 Å². The molecule has 0 saturated heterocycles. The molecule has 1 aromatic rings. The lowest BCUT2D eigenvalue weighted by atomic mass is 10.1. The summed E-state index contributed by atoms with van der Waals surface area (Å²) in [5.41, 5.74) is 1.20. The van der Waals surface area contributed by atoms with Gasteiger partial charge >= 0.3 is 0 Å². The highest BCUT2D eigenvalue weighted by Crippen LogP contribution is 2.18. The second kappa shape index (κ2) is 14.7. The quantitative estimate of drug-likeness (QED) is 0.286. The highest BCUT2D eigenvalue weighted by molar-refractivity contribution is 5.80. The number of hydrogen-bond acceptors (Lipinski definition) is 4. The van der Waals surface area contributed by atoms with E-state index in [1.165, 1.54) is 12.0 Å². The van der Waals surface area contributed by atoms with Gasteiger partial charge in [-0.1, -0.05) is 26.0 Å². The van der Waals surface area contributed by atoms with E-state index in [1.54, 1.807) is 0 Å². The van der Waals surface area contributed by atoms with Crippen LogP contribution in [0.4, 0.5) is 0 Å². The van der Waals surface area contributed by atoms with Gasteiger partial charge in [-0.3, -0.25) is 9.79 Å². The SMILES string of the molecule is CCNC(=NCCc1ccc(OCC(=O)NC2CC2)cc1)NC(C)CCCN(CC)CC. The maximum atomic E-state index is 11.7. The molecule has 7 nitrogen and oxygen atoms in total. The van der Waals surface area contributed by atoms with Crippen LogP contribution in [0.15, 0.2) is 29.3 Å². The first-order valence-electron chi connectivity index (χ1n) is 12.3. The molecule has 1 amide bonds. The number of carbonyl (C=O) groups is 1. The zero-order chi connectivity index (χ0) is 23.2. The van der Waals surface area contributed by atoms with E-state index in [0.29, 0.717) is 18.6 Å². The average molecular weight is 446 g/mol. The molecule has 1 fully saturated rings. The van der Waals surface area contributed by atoms with Crippen molar-refractivity contribution in [2.75, 3.05) is 39.3 Å². The molecule has 0 heterocycles. The number of rotatable bonds is 15. The van der Waals surface area contributed by atoms with Gasteiger partial charge in [0, 0.05) is 25.2 Å². The Kier molecular flexibility index (Phi) is 11.9. The summed E-state index contributed by atoms with van der Waals surface area (Å²) in [6, 6.07) is 8.68. The van der Waals surface area contributed by atoms with E-state index in [1.807, 2.05) is 24.3 Å². The molecule has 7 heteroatoms. The van der Waals surface area contributed by atoms with Crippen molar-refractivity contribution in [3.05, 3.63) is 29.8 Å². The van der Waals surface area contributed by atoms with Gasteiger partial charge in [0.25, 0.3) is 5.91 Å². The van der Waals surface area contributed by atoms with E-state index in [-0.39, 0.29) is 12.5 Å². The monoisotopic (exact) mass is 445 g/mol. The highest BCUT2D eigenvalue weighted by Gasteiger charge is 2.23. The molecule has 1 saturated carbocycles. The van der Waals surface area contributed by atoms with Gasteiger partial charge in [-0.25, -0.2) is 0 Å². The van der Waals surface area contributed by atoms with E-state index in [0.717, 1.165) is 63.6 Å². The topological polar surface area (TPSA) is 78.0 Å². The van der Waals surface area contributed by atoms with Crippen molar-refractivity contribution >= 4 is 11.9 Å². The summed E-state index contributed by atoms with van der Waals surface area (Å²) in [6.07, 6.45) is 5.34. The van der Waals surface area contributed by atoms with Crippen LogP contribution in [0.1, 0.15) is 58.9 Å². The van der Waals surface area contributed by atoms with E-state index < -0.39 is 0 Å². The molecule has 180 valence electrons.